The number of aromatic nitrogens is 1. The number of carbonyl (C=O) groups is 2. The van der Waals surface area contributed by atoms with E-state index in [1.54, 1.807) is 12.1 Å². The number of pyridine rings is 1. The fourth-order valence-corrected chi connectivity index (χ4v) is 6.74. The predicted molar refractivity (Wildman–Crippen MR) is 137 cm³/mol. The first-order valence-electron chi connectivity index (χ1n) is 11.8. The summed E-state index contributed by atoms with van der Waals surface area (Å²) in [5.41, 5.74) is 0.312. The molecule has 1 aromatic heterocycles. The van der Waals surface area contributed by atoms with Crippen LogP contribution >= 0.6 is 23.4 Å². The molecule has 2 aromatic carbocycles. The van der Waals surface area contributed by atoms with E-state index < -0.39 is 52.7 Å². The second kappa shape index (κ2) is 9.50. The fourth-order valence-electron chi connectivity index (χ4n) is 5.25. The minimum absolute atomic E-state index is 0.357. The van der Waals surface area contributed by atoms with Gasteiger partial charge in [0.25, 0.3) is 5.91 Å². The molecule has 2 aliphatic rings. The molecule has 3 atom stereocenters. The van der Waals surface area contributed by atoms with E-state index in [0.717, 1.165) is 35.4 Å². The van der Waals surface area contributed by atoms with Crippen LogP contribution in [0.15, 0.2) is 58.4 Å². The molecule has 0 aliphatic carbocycles. The fraction of sp³-hybridized carbons (Fsp3) is 0.296. The molecule has 0 radical (unpaired) electrons. The van der Waals surface area contributed by atoms with Crippen molar-refractivity contribution in [1.82, 2.24) is 9.47 Å². The zero-order valence-corrected chi connectivity index (χ0v) is 21.8. The molecule has 0 spiro atoms. The van der Waals surface area contributed by atoms with Crippen molar-refractivity contribution >= 4 is 35.1 Å². The zero-order chi connectivity index (χ0) is 27.5. The molecule has 198 valence electrons. The highest BCUT2D eigenvalue weighted by molar-refractivity contribution is 7.98. The lowest BCUT2D eigenvalue weighted by molar-refractivity contribution is -0.174. The van der Waals surface area contributed by atoms with Crippen LogP contribution in [0.5, 0.6) is 5.75 Å². The van der Waals surface area contributed by atoms with Gasteiger partial charge >= 0.3 is 6.18 Å². The quantitative estimate of drug-likeness (QED) is 0.408. The molecular formula is C27H22ClF3N2O4S. The van der Waals surface area contributed by atoms with Crippen molar-refractivity contribution in [2.75, 3.05) is 6.54 Å². The summed E-state index contributed by atoms with van der Waals surface area (Å²) in [4.78, 5) is 40.0. The Balaban J connectivity index is 1.84. The van der Waals surface area contributed by atoms with E-state index in [2.05, 4.69) is 0 Å². The summed E-state index contributed by atoms with van der Waals surface area (Å²) in [6.07, 6.45) is -3.57. The molecule has 1 amide bonds. The van der Waals surface area contributed by atoms with Crippen molar-refractivity contribution < 1.29 is 27.9 Å². The summed E-state index contributed by atoms with van der Waals surface area (Å²) in [6.45, 7) is 1.63. The van der Waals surface area contributed by atoms with Crippen LogP contribution in [0.25, 0.3) is 0 Å². The minimum atomic E-state index is -4.75. The van der Waals surface area contributed by atoms with Gasteiger partial charge in [-0.15, -0.1) is 11.8 Å². The number of rotatable bonds is 3. The number of amides is 1. The number of aromatic hydroxyl groups is 1. The Bertz CT molecular complexity index is 1540. The van der Waals surface area contributed by atoms with Gasteiger partial charge in [-0.2, -0.15) is 13.2 Å². The second-order valence-electron chi connectivity index (χ2n) is 9.39. The van der Waals surface area contributed by atoms with Crippen molar-refractivity contribution in [3.8, 4) is 5.75 Å². The monoisotopic (exact) mass is 562 g/mol. The van der Waals surface area contributed by atoms with Crippen LogP contribution in [0.3, 0.4) is 0 Å². The molecule has 2 aliphatic heterocycles. The van der Waals surface area contributed by atoms with Gasteiger partial charge in [0.15, 0.2) is 17.2 Å². The molecule has 0 saturated heterocycles. The van der Waals surface area contributed by atoms with Crippen LogP contribution in [-0.2, 0) is 5.75 Å². The first kappa shape index (κ1) is 26.4. The average Bonchev–Trinajstić information content (AvgIpc) is 3.03. The maximum Gasteiger partial charge on any atom is 0.408 e. The van der Waals surface area contributed by atoms with Gasteiger partial charge in [-0.3, -0.25) is 14.4 Å². The lowest BCUT2D eigenvalue weighted by Crippen LogP contribution is -2.54. The van der Waals surface area contributed by atoms with E-state index in [0.29, 0.717) is 15.7 Å². The first-order chi connectivity index (χ1) is 17.9. The van der Waals surface area contributed by atoms with Gasteiger partial charge in [0, 0.05) is 34.3 Å². The highest BCUT2D eigenvalue weighted by Crippen LogP contribution is 2.49. The number of alkyl halides is 3. The highest BCUT2D eigenvalue weighted by Gasteiger charge is 2.48. The molecular weight excluding hydrogens is 541 g/mol. The van der Waals surface area contributed by atoms with Gasteiger partial charge < -0.3 is 14.6 Å². The van der Waals surface area contributed by atoms with Gasteiger partial charge in [-0.1, -0.05) is 41.9 Å². The first-order valence-corrected chi connectivity index (χ1v) is 13.1. The standard InChI is InChI=1S/C27H22ClF3N2O4S/c1-13(34)17-10-33-20(11-32(14(2)27(29,30)31)26(37)23(33)25(36)24(17)35)22-15-7-5-8-19(28)18(15)12-38-21-9-4-3-6-16(21)22/h3-10,14,20,22,36H,11-12H2,1-2H3/t14-,20?,22+/m1/s1. The largest absolute Gasteiger partial charge is 0.503 e. The average molecular weight is 563 g/mol. The van der Waals surface area contributed by atoms with Crippen LogP contribution in [0.1, 0.15) is 63.3 Å². The normalized spacial score (nSPS) is 19.7. The Morgan fingerprint density at radius 2 is 1.82 bits per heavy atom. The van der Waals surface area contributed by atoms with Gasteiger partial charge in [0.1, 0.15) is 6.04 Å². The number of hydrogen-bond donors (Lipinski definition) is 1. The molecule has 38 heavy (non-hydrogen) atoms. The number of ketones is 1. The van der Waals surface area contributed by atoms with Crippen LogP contribution in [-0.4, -0.2) is 45.0 Å². The number of benzene rings is 2. The second-order valence-corrected chi connectivity index (χ2v) is 10.8. The number of hydrogen-bond acceptors (Lipinski definition) is 5. The molecule has 11 heteroatoms. The third kappa shape index (κ3) is 4.19. The Labute approximate surface area is 225 Å². The molecule has 0 bridgehead atoms. The lowest BCUT2D eigenvalue weighted by atomic mass is 9.81. The Morgan fingerprint density at radius 3 is 2.50 bits per heavy atom. The van der Waals surface area contributed by atoms with Crippen molar-refractivity contribution in [3.63, 3.8) is 0 Å². The SMILES string of the molecule is CC(=O)c1cn2c(c(O)c1=O)C(=O)N([C@H](C)C(F)(F)F)CC2[C@@H]1c2ccccc2SCc2c(Cl)cccc21. The molecule has 5 rings (SSSR count). The van der Waals surface area contributed by atoms with Gasteiger partial charge in [0.05, 0.1) is 11.6 Å². The number of thioether (sulfide) groups is 1. The van der Waals surface area contributed by atoms with Crippen molar-refractivity contribution in [1.29, 1.82) is 0 Å². The molecule has 6 nitrogen and oxygen atoms in total. The zero-order valence-electron chi connectivity index (χ0n) is 20.3. The molecule has 1 unspecified atom stereocenters. The Kier molecular flexibility index (Phi) is 6.59. The lowest BCUT2D eigenvalue weighted by Gasteiger charge is -2.43. The topological polar surface area (TPSA) is 79.6 Å². The van der Waals surface area contributed by atoms with Crippen LogP contribution in [0.4, 0.5) is 13.2 Å². The van der Waals surface area contributed by atoms with E-state index in [-0.39, 0.29) is 12.1 Å². The molecule has 0 fully saturated rings. The maximum atomic E-state index is 13.9. The van der Waals surface area contributed by atoms with Gasteiger partial charge in [-0.25, -0.2) is 0 Å². The number of halogens is 4. The Hall–Kier alpha value is -3.24. The third-order valence-electron chi connectivity index (χ3n) is 7.24. The summed E-state index contributed by atoms with van der Waals surface area (Å²) < 4.78 is 43.0. The number of nitrogens with zero attached hydrogens (tertiary/aromatic N) is 2. The van der Waals surface area contributed by atoms with Gasteiger partial charge in [0.2, 0.25) is 5.43 Å². The van der Waals surface area contributed by atoms with Crippen molar-refractivity contribution in [3.05, 3.63) is 91.9 Å². The summed E-state index contributed by atoms with van der Waals surface area (Å²) in [5.74, 6) is -2.94. The van der Waals surface area contributed by atoms with Crippen LogP contribution in [0.2, 0.25) is 5.02 Å². The van der Waals surface area contributed by atoms with Crippen LogP contribution in [0, 0.1) is 0 Å². The van der Waals surface area contributed by atoms with Gasteiger partial charge in [-0.05, 0) is 42.7 Å². The number of Topliss-reactive ketones (excluding diaryl/α,β-unsaturated/α-hetero) is 1. The predicted octanol–water partition coefficient (Wildman–Crippen LogP) is 5.80. The van der Waals surface area contributed by atoms with Crippen LogP contribution < -0.4 is 5.43 Å². The maximum absolute atomic E-state index is 13.9. The number of fused-ring (bicyclic) bond motifs is 3. The Morgan fingerprint density at radius 1 is 1.13 bits per heavy atom. The van der Waals surface area contributed by atoms with E-state index in [1.807, 2.05) is 30.3 Å². The summed E-state index contributed by atoms with van der Waals surface area (Å²) >= 11 is 8.11. The highest BCUT2D eigenvalue weighted by atomic mass is 35.5. The summed E-state index contributed by atoms with van der Waals surface area (Å²) in [6, 6.07) is 9.67. The molecule has 3 heterocycles. The van der Waals surface area contributed by atoms with E-state index in [1.165, 1.54) is 22.5 Å². The number of carbonyl (C=O) groups excluding carboxylic acids is 2. The molecule has 3 aromatic rings. The van der Waals surface area contributed by atoms with E-state index >= 15 is 0 Å². The van der Waals surface area contributed by atoms with E-state index in [4.69, 9.17) is 11.6 Å². The summed E-state index contributed by atoms with van der Waals surface area (Å²) in [5, 5.41) is 11.3. The smallest absolute Gasteiger partial charge is 0.408 e. The minimum Gasteiger partial charge on any atom is -0.503 e. The molecule has 1 N–H and O–H groups in total. The molecule has 0 saturated carbocycles. The van der Waals surface area contributed by atoms with Crippen molar-refractivity contribution in [2.24, 2.45) is 0 Å². The third-order valence-corrected chi connectivity index (χ3v) is 8.71. The van der Waals surface area contributed by atoms with E-state index in [9.17, 15) is 32.7 Å². The van der Waals surface area contributed by atoms with Crippen molar-refractivity contribution in [2.45, 2.75) is 48.7 Å². The summed E-state index contributed by atoms with van der Waals surface area (Å²) in [7, 11) is 0.